The van der Waals surface area contributed by atoms with Crippen LogP contribution in [0.25, 0.3) is 5.69 Å². The van der Waals surface area contributed by atoms with Gasteiger partial charge in [0.25, 0.3) is 5.91 Å². The number of nitrogens with zero attached hydrogens (tertiary/aromatic N) is 2. The Labute approximate surface area is 150 Å². The third-order valence-corrected chi connectivity index (χ3v) is 4.30. The van der Waals surface area contributed by atoms with E-state index in [1.54, 1.807) is 24.5 Å². The molecule has 0 spiro atoms. The van der Waals surface area contributed by atoms with Crippen molar-refractivity contribution < 1.29 is 14.3 Å². The minimum Gasteiger partial charge on any atom is -0.454 e. The summed E-state index contributed by atoms with van der Waals surface area (Å²) < 4.78 is 12.9. The standard InChI is InChI=1S/C19H18N4O3/c1-12-8-14(10-21-22-19(24)16-4-3-7-20-16)13(2)23(12)15-5-6-17-18(9-15)26-11-25-17/h3-10,20H,11H2,1-2H3,(H,22,24)/b21-10-. The van der Waals surface area contributed by atoms with Gasteiger partial charge in [-0.25, -0.2) is 5.43 Å². The predicted octanol–water partition coefficient (Wildman–Crippen LogP) is 2.91. The van der Waals surface area contributed by atoms with Gasteiger partial charge in [0.1, 0.15) is 5.69 Å². The molecule has 0 bridgehead atoms. The van der Waals surface area contributed by atoms with Crippen molar-refractivity contribution in [1.29, 1.82) is 0 Å². The van der Waals surface area contributed by atoms with Crippen LogP contribution in [-0.4, -0.2) is 28.5 Å². The van der Waals surface area contributed by atoms with Gasteiger partial charge in [-0.3, -0.25) is 4.79 Å². The Hall–Kier alpha value is -3.48. The summed E-state index contributed by atoms with van der Waals surface area (Å²) in [4.78, 5) is 14.7. The number of aryl methyl sites for hydroxylation is 1. The van der Waals surface area contributed by atoms with Crippen LogP contribution in [-0.2, 0) is 0 Å². The molecule has 26 heavy (non-hydrogen) atoms. The summed E-state index contributed by atoms with van der Waals surface area (Å²) >= 11 is 0. The van der Waals surface area contributed by atoms with Crippen LogP contribution in [0.4, 0.5) is 0 Å². The predicted molar refractivity (Wildman–Crippen MR) is 97.2 cm³/mol. The van der Waals surface area contributed by atoms with Gasteiger partial charge < -0.3 is 19.0 Å². The van der Waals surface area contributed by atoms with E-state index in [0.29, 0.717) is 5.69 Å². The number of carbonyl (C=O) groups is 1. The molecule has 1 aromatic carbocycles. The van der Waals surface area contributed by atoms with Crippen molar-refractivity contribution in [2.75, 3.05) is 6.79 Å². The quantitative estimate of drug-likeness (QED) is 0.561. The minimum atomic E-state index is -0.282. The summed E-state index contributed by atoms with van der Waals surface area (Å²) in [5.41, 5.74) is 6.96. The first-order chi connectivity index (χ1) is 12.6. The first-order valence-corrected chi connectivity index (χ1v) is 8.19. The fourth-order valence-corrected chi connectivity index (χ4v) is 3.03. The molecule has 0 saturated heterocycles. The lowest BCUT2D eigenvalue weighted by Crippen LogP contribution is -2.17. The number of amides is 1. The lowest BCUT2D eigenvalue weighted by atomic mass is 10.2. The highest BCUT2D eigenvalue weighted by Crippen LogP contribution is 2.34. The highest BCUT2D eigenvalue weighted by molar-refractivity contribution is 5.93. The zero-order valence-corrected chi connectivity index (χ0v) is 14.4. The van der Waals surface area contributed by atoms with Crippen LogP contribution in [0, 0.1) is 13.8 Å². The number of fused-ring (bicyclic) bond motifs is 1. The Morgan fingerprint density at radius 3 is 2.88 bits per heavy atom. The molecule has 7 nitrogen and oxygen atoms in total. The molecule has 1 aliphatic heterocycles. The normalized spacial score (nSPS) is 12.7. The number of nitrogens with one attached hydrogen (secondary N) is 2. The van der Waals surface area contributed by atoms with Crippen molar-refractivity contribution in [3.05, 3.63) is 65.2 Å². The van der Waals surface area contributed by atoms with Crippen molar-refractivity contribution >= 4 is 12.1 Å². The van der Waals surface area contributed by atoms with Crippen molar-refractivity contribution in [3.63, 3.8) is 0 Å². The lowest BCUT2D eigenvalue weighted by Gasteiger charge is -2.10. The van der Waals surface area contributed by atoms with E-state index in [-0.39, 0.29) is 12.7 Å². The van der Waals surface area contributed by atoms with Gasteiger partial charge in [0.05, 0.1) is 6.21 Å². The number of hydrazone groups is 1. The second-order valence-electron chi connectivity index (χ2n) is 5.98. The maximum atomic E-state index is 11.9. The fraction of sp³-hybridized carbons (Fsp3) is 0.158. The third kappa shape index (κ3) is 2.83. The number of H-pyrrole nitrogens is 1. The van der Waals surface area contributed by atoms with Gasteiger partial charge in [-0.05, 0) is 44.2 Å². The molecule has 132 valence electrons. The van der Waals surface area contributed by atoms with E-state index in [9.17, 15) is 4.79 Å². The topological polar surface area (TPSA) is 80.6 Å². The minimum absolute atomic E-state index is 0.251. The van der Waals surface area contributed by atoms with Gasteiger partial charge in [-0.1, -0.05) is 0 Å². The summed E-state index contributed by atoms with van der Waals surface area (Å²) in [6.07, 6.45) is 3.34. The average molecular weight is 350 g/mol. The number of ether oxygens (including phenoxy) is 2. The SMILES string of the molecule is Cc1cc(/C=N\NC(=O)c2ccc[nH]2)c(C)n1-c1ccc2c(c1)OCO2. The number of hydrogen-bond donors (Lipinski definition) is 2. The monoisotopic (exact) mass is 350 g/mol. The molecule has 0 aliphatic carbocycles. The van der Waals surface area contributed by atoms with E-state index in [1.807, 2.05) is 38.1 Å². The van der Waals surface area contributed by atoms with Crippen molar-refractivity contribution in [2.24, 2.45) is 5.10 Å². The first-order valence-electron chi connectivity index (χ1n) is 8.19. The number of aromatic nitrogens is 2. The van der Waals surface area contributed by atoms with Gasteiger partial charge in [-0.2, -0.15) is 5.10 Å². The van der Waals surface area contributed by atoms with E-state index in [2.05, 4.69) is 20.1 Å². The Bertz CT molecular complexity index is 987. The molecule has 2 aromatic heterocycles. The van der Waals surface area contributed by atoms with Crippen LogP contribution in [0.2, 0.25) is 0 Å². The van der Waals surface area contributed by atoms with Crippen LogP contribution in [0.3, 0.4) is 0 Å². The van der Waals surface area contributed by atoms with E-state index >= 15 is 0 Å². The molecule has 1 amide bonds. The number of rotatable bonds is 4. The number of carbonyl (C=O) groups excluding carboxylic acids is 1. The Balaban J connectivity index is 1.57. The summed E-state index contributed by atoms with van der Waals surface area (Å²) in [5, 5.41) is 4.06. The molecule has 7 heteroatoms. The zero-order valence-electron chi connectivity index (χ0n) is 14.4. The van der Waals surface area contributed by atoms with Crippen molar-refractivity contribution in [3.8, 4) is 17.2 Å². The van der Waals surface area contributed by atoms with Crippen molar-refractivity contribution in [2.45, 2.75) is 13.8 Å². The highest BCUT2D eigenvalue weighted by Gasteiger charge is 2.16. The molecule has 0 atom stereocenters. The second kappa shape index (κ2) is 6.44. The third-order valence-electron chi connectivity index (χ3n) is 4.30. The maximum Gasteiger partial charge on any atom is 0.287 e. The number of benzene rings is 1. The molecule has 4 rings (SSSR count). The van der Waals surface area contributed by atoms with Gasteiger partial charge in [0.15, 0.2) is 11.5 Å². The fourth-order valence-electron chi connectivity index (χ4n) is 3.03. The molecule has 2 N–H and O–H groups in total. The van der Waals surface area contributed by atoms with Gasteiger partial charge in [-0.15, -0.1) is 0 Å². The molecule has 0 fully saturated rings. The summed E-state index contributed by atoms with van der Waals surface area (Å²) in [6, 6.07) is 11.3. The molecule has 3 aromatic rings. The summed E-state index contributed by atoms with van der Waals surface area (Å²) in [5.74, 6) is 1.21. The van der Waals surface area contributed by atoms with Gasteiger partial charge >= 0.3 is 0 Å². The number of aromatic amines is 1. The zero-order chi connectivity index (χ0) is 18.1. The Morgan fingerprint density at radius 1 is 1.23 bits per heavy atom. The molecule has 3 heterocycles. The molecular weight excluding hydrogens is 332 g/mol. The second-order valence-corrected chi connectivity index (χ2v) is 5.98. The Morgan fingerprint density at radius 2 is 2.08 bits per heavy atom. The van der Waals surface area contributed by atoms with Gasteiger partial charge in [0, 0.05) is 34.9 Å². The smallest absolute Gasteiger partial charge is 0.287 e. The molecule has 0 saturated carbocycles. The molecule has 1 aliphatic rings. The van der Waals surface area contributed by atoms with Crippen molar-refractivity contribution in [1.82, 2.24) is 15.0 Å². The van der Waals surface area contributed by atoms with E-state index in [4.69, 9.17) is 9.47 Å². The first kappa shape index (κ1) is 16.0. The average Bonchev–Trinajstić information content (AvgIpc) is 3.35. The molecule has 0 unspecified atom stereocenters. The van der Waals surface area contributed by atoms with Crippen LogP contribution in [0.5, 0.6) is 11.5 Å². The van der Waals surface area contributed by atoms with Crippen LogP contribution in [0.1, 0.15) is 27.4 Å². The van der Waals surface area contributed by atoms with E-state index in [1.165, 1.54) is 0 Å². The maximum absolute atomic E-state index is 11.9. The summed E-state index contributed by atoms with van der Waals surface area (Å²) in [6.45, 7) is 4.28. The summed E-state index contributed by atoms with van der Waals surface area (Å²) in [7, 11) is 0. The lowest BCUT2D eigenvalue weighted by molar-refractivity contribution is 0.0951. The van der Waals surface area contributed by atoms with Crippen LogP contribution >= 0.6 is 0 Å². The van der Waals surface area contributed by atoms with Crippen LogP contribution < -0.4 is 14.9 Å². The van der Waals surface area contributed by atoms with E-state index < -0.39 is 0 Å². The number of hydrogen-bond acceptors (Lipinski definition) is 4. The van der Waals surface area contributed by atoms with E-state index in [0.717, 1.165) is 34.1 Å². The van der Waals surface area contributed by atoms with Gasteiger partial charge in [0.2, 0.25) is 6.79 Å². The largest absolute Gasteiger partial charge is 0.454 e. The highest BCUT2D eigenvalue weighted by atomic mass is 16.7. The molecule has 0 radical (unpaired) electrons. The molecular formula is C19H18N4O3. The Kier molecular flexibility index (Phi) is 3.96. The van der Waals surface area contributed by atoms with Crippen LogP contribution in [0.15, 0.2) is 47.7 Å².